The second-order valence-corrected chi connectivity index (χ2v) is 7.70. The van der Waals surface area contributed by atoms with Gasteiger partial charge in [0.05, 0.1) is 16.8 Å². The number of hydrogen-bond donors (Lipinski definition) is 2. The number of nitrogens with zero attached hydrogens (tertiary/aromatic N) is 3. The molecule has 5 nitrogen and oxygen atoms in total. The average molecular weight is 409 g/mol. The van der Waals surface area contributed by atoms with Crippen LogP contribution in [-0.2, 0) is 0 Å². The van der Waals surface area contributed by atoms with Crippen molar-refractivity contribution in [2.75, 3.05) is 30.4 Å². The van der Waals surface area contributed by atoms with Crippen LogP contribution in [0.4, 0.5) is 11.6 Å². The van der Waals surface area contributed by atoms with Gasteiger partial charge in [-0.05, 0) is 30.4 Å². The predicted molar refractivity (Wildman–Crippen MR) is 118 cm³/mol. The molecule has 1 unspecified atom stereocenters. The second-order valence-electron chi connectivity index (χ2n) is 7.33. The highest BCUT2D eigenvalue weighted by Gasteiger charge is 2.29. The number of anilines is 2. The van der Waals surface area contributed by atoms with Crippen molar-refractivity contribution < 1.29 is 5.11 Å². The zero-order chi connectivity index (χ0) is 20.2. The molecule has 3 aromatic rings. The molecule has 0 bridgehead atoms. The van der Waals surface area contributed by atoms with E-state index in [1.165, 1.54) is 0 Å². The lowest BCUT2D eigenvalue weighted by atomic mass is 9.86. The van der Waals surface area contributed by atoms with Gasteiger partial charge in [-0.1, -0.05) is 54.1 Å². The van der Waals surface area contributed by atoms with Crippen LogP contribution in [-0.4, -0.2) is 35.2 Å². The molecule has 2 aromatic carbocycles. The van der Waals surface area contributed by atoms with Gasteiger partial charge >= 0.3 is 0 Å². The largest absolute Gasteiger partial charge is 0.388 e. The van der Waals surface area contributed by atoms with Crippen molar-refractivity contribution in [2.24, 2.45) is 5.92 Å². The zero-order valence-electron chi connectivity index (χ0n) is 16.4. The molecule has 1 aromatic heterocycles. The van der Waals surface area contributed by atoms with Crippen LogP contribution in [0, 0.1) is 5.92 Å². The summed E-state index contributed by atoms with van der Waals surface area (Å²) in [5.74, 6) is 0.923. The van der Waals surface area contributed by atoms with E-state index in [1.54, 1.807) is 12.4 Å². The van der Waals surface area contributed by atoms with Crippen molar-refractivity contribution >= 4 is 23.2 Å². The highest BCUT2D eigenvalue weighted by atomic mass is 35.5. The first-order valence-corrected chi connectivity index (χ1v) is 10.3. The van der Waals surface area contributed by atoms with Crippen molar-refractivity contribution in [1.29, 1.82) is 0 Å². The molecule has 1 aliphatic rings. The second kappa shape index (κ2) is 8.80. The molecule has 150 valence electrons. The summed E-state index contributed by atoms with van der Waals surface area (Å²) in [5.41, 5.74) is 3.68. The SMILES string of the molecule is CNc1c(C(O)C2CCN(c3ncccn3)CC2)ccc(-c2ccccc2)c1Cl. The number of aromatic nitrogens is 2. The Bertz CT molecular complexity index is 944. The molecule has 2 N–H and O–H groups in total. The fraction of sp³-hybridized carbons (Fsp3) is 0.304. The van der Waals surface area contributed by atoms with Crippen molar-refractivity contribution in [3.05, 3.63) is 71.5 Å². The quantitative estimate of drug-likeness (QED) is 0.635. The topological polar surface area (TPSA) is 61.3 Å². The summed E-state index contributed by atoms with van der Waals surface area (Å²) in [6, 6.07) is 15.9. The molecule has 2 heterocycles. The van der Waals surface area contributed by atoms with Gasteiger partial charge in [-0.25, -0.2) is 9.97 Å². The van der Waals surface area contributed by atoms with Crippen LogP contribution in [0.25, 0.3) is 11.1 Å². The van der Waals surface area contributed by atoms with Gasteiger partial charge in [0.1, 0.15) is 0 Å². The van der Waals surface area contributed by atoms with E-state index in [2.05, 4.69) is 20.2 Å². The summed E-state index contributed by atoms with van der Waals surface area (Å²) in [5, 5.41) is 15.0. The van der Waals surface area contributed by atoms with E-state index >= 15 is 0 Å². The van der Waals surface area contributed by atoms with Crippen molar-refractivity contribution in [3.63, 3.8) is 0 Å². The molecule has 1 aliphatic heterocycles. The number of aliphatic hydroxyl groups is 1. The number of rotatable bonds is 5. The number of piperidine rings is 1. The van der Waals surface area contributed by atoms with E-state index in [0.717, 1.165) is 54.3 Å². The van der Waals surface area contributed by atoms with Gasteiger partial charge in [-0.2, -0.15) is 0 Å². The van der Waals surface area contributed by atoms with Gasteiger partial charge in [0.2, 0.25) is 5.95 Å². The standard InChI is InChI=1S/C23H25ClN4O/c1-25-21-19(9-8-18(20(21)24)16-6-3-2-4-7-16)22(29)17-10-14-28(15-11-17)23-26-12-5-13-27-23/h2-9,12-13,17,22,25,29H,10-11,14-15H2,1H3. The monoisotopic (exact) mass is 408 g/mol. The summed E-state index contributed by atoms with van der Waals surface area (Å²) in [6.45, 7) is 1.66. The minimum atomic E-state index is -0.571. The summed E-state index contributed by atoms with van der Waals surface area (Å²) < 4.78 is 0. The highest BCUT2D eigenvalue weighted by Crippen LogP contribution is 2.41. The third-order valence-corrected chi connectivity index (χ3v) is 6.04. The van der Waals surface area contributed by atoms with E-state index in [1.807, 2.05) is 55.6 Å². The van der Waals surface area contributed by atoms with Gasteiger partial charge in [-0.3, -0.25) is 0 Å². The summed E-state index contributed by atoms with van der Waals surface area (Å²) in [6.07, 6.45) is 4.71. The number of benzene rings is 2. The Balaban J connectivity index is 1.53. The van der Waals surface area contributed by atoms with Gasteiger partial charge in [0, 0.05) is 43.7 Å². The molecule has 0 radical (unpaired) electrons. The molecule has 1 atom stereocenters. The molecular formula is C23H25ClN4O. The minimum Gasteiger partial charge on any atom is -0.388 e. The third kappa shape index (κ3) is 4.07. The van der Waals surface area contributed by atoms with Crippen LogP contribution in [0.15, 0.2) is 60.9 Å². The normalized spacial score (nSPS) is 15.9. The number of nitrogens with one attached hydrogen (secondary N) is 1. The number of hydrogen-bond acceptors (Lipinski definition) is 5. The molecule has 0 aliphatic carbocycles. The Kier molecular flexibility index (Phi) is 5.97. The van der Waals surface area contributed by atoms with Crippen LogP contribution >= 0.6 is 11.6 Å². The Morgan fingerprint density at radius 2 is 1.72 bits per heavy atom. The first kappa shape index (κ1) is 19.7. The van der Waals surface area contributed by atoms with Crippen LogP contribution in [0.1, 0.15) is 24.5 Å². The lowest BCUT2D eigenvalue weighted by molar-refractivity contribution is 0.0934. The molecule has 0 spiro atoms. The fourth-order valence-electron chi connectivity index (χ4n) is 4.06. The molecule has 0 saturated carbocycles. The summed E-state index contributed by atoms with van der Waals surface area (Å²) >= 11 is 6.74. The predicted octanol–water partition coefficient (Wildman–Crippen LogP) is 4.79. The highest BCUT2D eigenvalue weighted by molar-refractivity contribution is 6.36. The van der Waals surface area contributed by atoms with Gasteiger partial charge in [-0.15, -0.1) is 0 Å². The first-order chi connectivity index (χ1) is 14.2. The maximum absolute atomic E-state index is 11.2. The maximum Gasteiger partial charge on any atom is 0.225 e. The lowest BCUT2D eigenvalue weighted by Gasteiger charge is -2.35. The van der Waals surface area contributed by atoms with Crippen LogP contribution in [0.5, 0.6) is 0 Å². The van der Waals surface area contributed by atoms with Crippen molar-refractivity contribution in [2.45, 2.75) is 18.9 Å². The van der Waals surface area contributed by atoms with Crippen LogP contribution in [0.2, 0.25) is 5.02 Å². The van der Waals surface area contributed by atoms with Gasteiger partial charge < -0.3 is 15.3 Å². The van der Waals surface area contributed by atoms with E-state index in [0.29, 0.717) is 5.02 Å². The Labute approximate surface area is 176 Å². The molecule has 0 amide bonds. The maximum atomic E-state index is 11.2. The lowest BCUT2D eigenvalue weighted by Crippen LogP contribution is -2.36. The average Bonchev–Trinajstić information content (AvgIpc) is 2.79. The van der Waals surface area contributed by atoms with Crippen molar-refractivity contribution in [3.8, 4) is 11.1 Å². The van der Waals surface area contributed by atoms with Gasteiger partial charge in [0.15, 0.2) is 0 Å². The van der Waals surface area contributed by atoms with Gasteiger partial charge in [0.25, 0.3) is 0 Å². The Hall–Kier alpha value is -2.63. The molecule has 4 rings (SSSR count). The van der Waals surface area contributed by atoms with Crippen molar-refractivity contribution in [1.82, 2.24) is 9.97 Å². The van der Waals surface area contributed by atoms with E-state index in [-0.39, 0.29) is 5.92 Å². The molecule has 6 heteroatoms. The van der Waals surface area contributed by atoms with E-state index in [4.69, 9.17) is 11.6 Å². The Morgan fingerprint density at radius 3 is 2.38 bits per heavy atom. The van der Waals surface area contributed by atoms with E-state index in [9.17, 15) is 5.11 Å². The molecular weight excluding hydrogens is 384 g/mol. The smallest absolute Gasteiger partial charge is 0.225 e. The van der Waals surface area contributed by atoms with E-state index < -0.39 is 6.10 Å². The zero-order valence-corrected chi connectivity index (χ0v) is 17.2. The third-order valence-electron chi connectivity index (χ3n) is 5.65. The van der Waals surface area contributed by atoms with Crippen LogP contribution < -0.4 is 10.2 Å². The summed E-state index contributed by atoms with van der Waals surface area (Å²) in [7, 11) is 1.85. The molecule has 29 heavy (non-hydrogen) atoms. The Morgan fingerprint density at radius 1 is 1.03 bits per heavy atom. The first-order valence-electron chi connectivity index (χ1n) is 9.94. The van der Waals surface area contributed by atoms with Crippen LogP contribution in [0.3, 0.4) is 0 Å². The molecule has 1 fully saturated rings. The fourth-order valence-corrected chi connectivity index (χ4v) is 4.43. The summed E-state index contributed by atoms with van der Waals surface area (Å²) in [4.78, 5) is 10.8. The number of aliphatic hydroxyl groups excluding tert-OH is 1. The molecule has 1 saturated heterocycles. The minimum absolute atomic E-state index is 0.167. The number of halogens is 1.